The molecule has 2 nitrogen and oxygen atoms in total. The Bertz CT molecular complexity index is 477. The molecule has 100 valence electrons. The first-order valence-electron chi connectivity index (χ1n) is 4.27. The third kappa shape index (κ3) is 3.22. The molecule has 0 saturated carbocycles. The van der Waals surface area contributed by atoms with Crippen molar-refractivity contribution >= 4 is 45.8 Å². The van der Waals surface area contributed by atoms with Gasteiger partial charge in [-0.1, -0.05) is 11.6 Å². The Morgan fingerprint density at radius 2 is 1.78 bits per heavy atom. The first kappa shape index (κ1) is 15.4. The molecular formula is C9H4ClF5INO. The summed E-state index contributed by atoms with van der Waals surface area (Å²) >= 11 is 7.21. The van der Waals surface area contributed by atoms with Crippen LogP contribution >= 0.6 is 34.2 Å². The molecule has 0 heterocycles. The van der Waals surface area contributed by atoms with Crippen LogP contribution in [0.1, 0.15) is 0 Å². The van der Waals surface area contributed by atoms with Gasteiger partial charge in [0.25, 0.3) is 0 Å². The van der Waals surface area contributed by atoms with Gasteiger partial charge in [0.2, 0.25) is 0 Å². The SMILES string of the molecule is O=C(Nc1ccc(Cl)cc1I)C(F)(F)C(F)(F)F. The van der Waals surface area contributed by atoms with Crippen molar-refractivity contribution in [2.24, 2.45) is 0 Å². The second kappa shape index (κ2) is 5.16. The third-order valence-corrected chi connectivity index (χ3v) is 2.95. The van der Waals surface area contributed by atoms with Crippen LogP contribution in [0.15, 0.2) is 18.2 Å². The van der Waals surface area contributed by atoms with Crippen LogP contribution in [0.3, 0.4) is 0 Å². The summed E-state index contributed by atoms with van der Waals surface area (Å²) in [7, 11) is 0. The van der Waals surface area contributed by atoms with Crippen molar-refractivity contribution in [2.45, 2.75) is 12.1 Å². The molecule has 0 aliphatic rings. The van der Waals surface area contributed by atoms with Gasteiger partial charge >= 0.3 is 18.0 Å². The predicted octanol–water partition coefficient (Wildman–Crippen LogP) is 4.08. The number of nitrogens with one attached hydrogen (secondary N) is 1. The molecule has 9 heteroatoms. The summed E-state index contributed by atoms with van der Waals surface area (Å²) in [6.07, 6.45) is -5.94. The van der Waals surface area contributed by atoms with Crippen molar-refractivity contribution in [1.82, 2.24) is 0 Å². The number of rotatable bonds is 2. The lowest BCUT2D eigenvalue weighted by molar-refractivity contribution is -0.267. The fraction of sp³-hybridized carbons (Fsp3) is 0.222. The van der Waals surface area contributed by atoms with Gasteiger partial charge in [-0.2, -0.15) is 22.0 Å². The highest BCUT2D eigenvalue weighted by molar-refractivity contribution is 14.1. The summed E-state index contributed by atoms with van der Waals surface area (Å²) in [6.45, 7) is 0. The molecule has 0 bridgehead atoms. The second-order valence-electron chi connectivity index (χ2n) is 3.15. The van der Waals surface area contributed by atoms with Gasteiger partial charge in [0.05, 0.1) is 5.69 Å². The Labute approximate surface area is 117 Å². The van der Waals surface area contributed by atoms with Crippen LogP contribution in [-0.4, -0.2) is 18.0 Å². The Balaban J connectivity index is 2.95. The molecule has 0 saturated heterocycles. The number of carbonyl (C=O) groups excluding carboxylic acids is 1. The van der Waals surface area contributed by atoms with Gasteiger partial charge in [-0.25, -0.2) is 0 Å². The normalized spacial score (nSPS) is 12.4. The van der Waals surface area contributed by atoms with Gasteiger partial charge in [-0.05, 0) is 40.8 Å². The summed E-state index contributed by atoms with van der Waals surface area (Å²) < 4.78 is 61.3. The number of hydrogen-bond acceptors (Lipinski definition) is 1. The molecule has 1 N–H and O–H groups in total. The van der Waals surface area contributed by atoms with E-state index >= 15 is 0 Å². The van der Waals surface area contributed by atoms with Crippen LogP contribution < -0.4 is 5.32 Å². The summed E-state index contributed by atoms with van der Waals surface area (Å²) in [6, 6.07) is 3.70. The summed E-state index contributed by atoms with van der Waals surface area (Å²) in [5.41, 5.74) is -0.172. The van der Waals surface area contributed by atoms with E-state index in [-0.39, 0.29) is 14.3 Å². The van der Waals surface area contributed by atoms with Crippen LogP contribution in [0.25, 0.3) is 0 Å². The number of hydrogen-bond donors (Lipinski definition) is 1. The molecule has 0 atom stereocenters. The molecule has 0 fully saturated rings. The fourth-order valence-electron chi connectivity index (χ4n) is 0.920. The number of benzene rings is 1. The van der Waals surface area contributed by atoms with Gasteiger partial charge < -0.3 is 5.32 Å². The van der Waals surface area contributed by atoms with E-state index in [0.29, 0.717) is 0 Å². The number of amides is 1. The first-order valence-corrected chi connectivity index (χ1v) is 5.72. The number of halogens is 7. The molecule has 0 unspecified atom stereocenters. The highest BCUT2D eigenvalue weighted by Gasteiger charge is 2.63. The van der Waals surface area contributed by atoms with Gasteiger partial charge in [0.1, 0.15) is 0 Å². The van der Waals surface area contributed by atoms with E-state index in [2.05, 4.69) is 0 Å². The van der Waals surface area contributed by atoms with Gasteiger partial charge in [0.15, 0.2) is 0 Å². The zero-order chi connectivity index (χ0) is 14.1. The maximum Gasteiger partial charge on any atom is 0.463 e. The van der Waals surface area contributed by atoms with E-state index in [9.17, 15) is 26.7 Å². The third-order valence-electron chi connectivity index (χ3n) is 1.82. The highest BCUT2D eigenvalue weighted by atomic mass is 127. The van der Waals surface area contributed by atoms with E-state index in [1.54, 1.807) is 22.6 Å². The van der Waals surface area contributed by atoms with E-state index in [1.807, 2.05) is 0 Å². The average molecular weight is 399 g/mol. The van der Waals surface area contributed by atoms with E-state index < -0.39 is 18.0 Å². The molecule has 0 radical (unpaired) electrons. The smallest absolute Gasteiger partial charge is 0.320 e. The Hall–Kier alpha value is -0.640. The molecule has 1 aromatic rings. The Kier molecular flexibility index (Phi) is 4.42. The Morgan fingerprint density at radius 3 is 2.22 bits per heavy atom. The van der Waals surface area contributed by atoms with Crippen molar-refractivity contribution in [3.05, 3.63) is 26.8 Å². The van der Waals surface area contributed by atoms with E-state index in [1.165, 1.54) is 17.4 Å². The van der Waals surface area contributed by atoms with Crippen molar-refractivity contribution in [1.29, 1.82) is 0 Å². The molecule has 18 heavy (non-hydrogen) atoms. The summed E-state index contributed by atoms with van der Waals surface area (Å²) in [4.78, 5) is 10.9. The van der Waals surface area contributed by atoms with Gasteiger partial charge in [-0.3, -0.25) is 4.79 Å². The van der Waals surface area contributed by atoms with Gasteiger partial charge in [0, 0.05) is 8.59 Å². The maximum absolute atomic E-state index is 12.7. The minimum Gasteiger partial charge on any atom is -0.320 e. The predicted molar refractivity (Wildman–Crippen MR) is 63.8 cm³/mol. The molecule has 0 aromatic heterocycles. The van der Waals surface area contributed by atoms with Crippen molar-refractivity contribution < 1.29 is 26.7 Å². The molecular weight excluding hydrogens is 395 g/mol. The second-order valence-corrected chi connectivity index (χ2v) is 4.75. The first-order chi connectivity index (χ1) is 8.05. The van der Waals surface area contributed by atoms with Crippen molar-refractivity contribution in [2.75, 3.05) is 5.32 Å². The minimum absolute atomic E-state index is 0.172. The number of alkyl halides is 5. The lowest BCUT2D eigenvalue weighted by atomic mass is 10.2. The molecule has 0 aliphatic carbocycles. The van der Waals surface area contributed by atoms with Crippen LogP contribution in [0.4, 0.5) is 27.6 Å². The summed E-state index contributed by atoms with van der Waals surface area (Å²) in [5.74, 6) is -7.88. The fourth-order valence-corrected chi connectivity index (χ4v) is 1.93. The van der Waals surface area contributed by atoms with Crippen molar-refractivity contribution in [3.63, 3.8) is 0 Å². The largest absolute Gasteiger partial charge is 0.463 e. The van der Waals surface area contributed by atoms with Crippen LogP contribution in [0, 0.1) is 3.57 Å². The monoisotopic (exact) mass is 399 g/mol. The molecule has 0 spiro atoms. The van der Waals surface area contributed by atoms with Crippen LogP contribution in [0.2, 0.25) is 5.02 Å². The molecule has 1 rings (SSSR count). The topological polar surface area (TPSA) is 29.1 Å². The quantitative estimate of drug-likeness (QED) is 0.589. The van der Waals surface area contributed by atoms with Crippen LogP contribution in [0.5, 0.6) is 0 Å². The van der Waals surface area contributed by atoms with Gasteiger partial charge in [-0.15, -0.1) is 0 Å². The van der Waals surface area contributed by atoms with E-state index in [4.69, 9.17) is 11.6 Å². The number of anilines is 1. The number of carbonyl (C=O) groups is 1. The highest BCUT2D eigenvalue weighted by Crippen LogP contribution is 2.36. The Morgan fingerprint density at radius 1 is 1.22 bits per heavy atom. The van der Waals surface area contributed by atoms with Crippen molar-refractivity contribution in [3.8, 4) is 0 Å². The molecule has 1 amide bonds. The zero-order valence-corrected chi connectivity index (χ0v) is 11.2. The molecule has 1 aromatic carbocycles. The molecule has 0 aliphatic heterocycles. The lowest BCUT2D eigenvalue weighted by Gasteiger charge is -2.19. The maximum atomic E-state index is 12.7. The van der Waals surface area contributed by atoms with Crippen LogP contribution in [-0.2, 0) is 4.79 Å². The van der Waals surface area contributed by atoms with E-state index in [0.717, 1.165) is 6.07 Å². The minimum atomic E-state index is -5.94. The zero-order valence-electron chi connectivity index (χ0n) is 8.29. The standard InChI is InChI=1S/C9H4ClF5INO/c10-4-1-2-6(5(16)3-4)17-7(18)8(11,12)9(13,14)15/h1-3H,(H,17,18). The average Bonchev–Trinajstić information content (AvgIpc) is 2.20. The summed E-state index contributed by atoms with van der Waals surface area (Å²) in [5, 5.41) is 1.77. The lowest BCUT2D eigenvalue weighted by Crippen LogP contribution is -2.47.